The van der Waals surface area contributed by atoms with Crippen LogP contribution in [0.2, 0.25) is 0 Å². The molecule has 2 aliphatic rings. The molecule has 2 aliphatic heterocycles. The summed E-state index contributed by atoms with van der Waals surface area (Å²) in [5.74, 6) is -0.202. The number of nitro groups is 1. The fraction of sp³-hybridized carbons (Fsp3) is 0.286. The summed E-state index contributed by atoms with van der Waals surface area (Å²) in [5, 5.41) is 11.2. The molecule has 0 saturated carbocycles. The SMILES string of the molecule is O=C1c2cccc([N+](=O)[O-])c2C(=O)N1CN1CCC(c2nc3ccccc3o2)CC1. The van der Waals surface area contributed by atoms with Gasteiger partial charge in [0.1, 0.15) is 11.1 Å². The molecule has 0 unspecified atom stereocenters. The maximum absolute atomic E-state index is 12.7. The summed E-state index contributed by atoms with van der Waals surface area (Å²) >= 11 is 0. The van der Waals surface area contributed by atoms with Crippen LogP contribution in [0.15, 0.2) is 46.9 Å². The molecule has 0 aliphatic carbocycles. The normalized spacial score (nSPS) is 17.7. The van der Waals surface area contributed by atoms with Crippen molar-refractivity contribution in [2.24, 2.45) is 0 Å². The van der Waals surface area contributed by atoms with Crippen molar-refractivity contribution in [3.05, 3.63) is 69.6 Å². The number of para-hydroxylation sites is 2. The fourth-order valence-corrected chi connectivity index (χ4v) is 4.18. The van der Waals surface area contributed by atoms with Crippen molar-refractivity contribution >= 4 is 28.6 Å². The molecule has 9 heteroatoms. The number of carbonyl (C=O) groups excluding carboxylic acids is 2. The van der Waals surface area contributed by atoms with E-state index >= 15 is 0 Å². The van der Waals surface area contributed by atoms with Gasteiger partial charge in [-0.15, -0.1) is 0 Å². The number of piperidine rings is 1. The van der Waals surface area contributed by atoms with Gasteiger partial charge in [0.2, 0.25) is 0 Å². The van der Waals surface area contributed by atoms with Crippen molar-refractivity contribution in [3.63, 3.8) is 0 Å². The minimum atomic E-state index is -0.626. The zero-order chi connectivity index (χ0) is 20.8. The Balaban J connectivity index is 1.28. The number of imide groups is 1. The van der Waals surface area contributed by atoms with Crippen LogP contribution in [-0.2, 0) is 0 Å². The summed E-state index contributed by atoms with van der Waals surface area (Å²) in [4.78, 5) is 43.7. The quantitative estimate of drug-likeness (QED) is 0.372. The molecule has 5 rings (SSSR count). The molecule has 1 saturated heterocycles. The third kappa shape index (κ3) is 2.94. The highest BCUT2D eigenvalue weighted by Crippen LogP contribution is 2.33. The van der Waals surface area contributed by atoms with Crippen LogP contribution in [0, 0.1) is 10.1 Å². The Bertz CT molecular complexity index is 1150. The van der Waals surface area contributed by atoms with Gasteiger partial charge in [-0.05, 0) is 31.0 Å². The lowest BCUT2D eigenvalue weighted by Crippen LogP contribution is -2.44. The Hall–Kier alpha value is -3.59. The van der Waals surface area contributed by atoms with Gasteiger partial charge >= 0.3 is 0 Å². The van der Waals surface area contributed by atoms with Crippen LogP contribution < -0.4 is 0 Å². The van der Waals surface area contributed by atoms with Crippen LogP contribution in [-0.4, -0.2) is 51.3 Å². The highest BCUT2D eigenvalue weighted by molar-refractivity contribution is 6.23. The third-order valence-corrected chi connectivity index (χ3v) is 5.76. The molecule has 152 valence electrons. The molecule has 2 amide bonds. The zero-order valence-electron chi connectivity index (χ0n) is 16.0. The Labute approximate surface area is 171 Å². The summed E-state index contributed by atoms with van der Waals surface area (Å²) in [6, 6.07) is 11.8. The molecule has 9 nitrogen and oxygen atoms in total. The number of aromatic nitrogens is 1. The maximum atomic E-state index is 12.7. The summed E-state index contributed by atoms with van der Waals surface area (Å²) in [7, 11) is 0. The number of fused-ring (bicyclic) bond motifs is 2. The van der Waals surface area contributed by atoms with Gasteiger partial charge in [0.05, 0.1) is 17.2 Å². The number of carbonyl (C=O) groups is 2. The molecule has 1 aromatic heterocycles. The fourth-order valence-electron chi connectivity index (χ4n) is 4.18. The smallest absolute Gasteiger partial charge is 0.282 e. The third-order valence-electron chi connectivity index (χ3n) is 5.76. The van der Waals surface area contributed by atoms with Gasteiger partial charge in [0.15, 0.2) is 11.5 Å². The molecule has 1 fully saturated rings. The van der Waals surface area contributed by atoms with E-state index in [-0.39, 0.29) is 29.4 Å². The summed E-state index contributed by atoms with van der Waals surface area (Å²) in [6.45, 7) is 1.45. The Morgan fingerprint density at radius 1 is 1.07 bits per heavy atom. The second-order valence-electron chi connectivity index (χ2n) is 7.55. The van der Waals surface area contributed by atoms with E-state index in [9.17, 15) is 19.7 Å². The van der Waals surface area contributed by atoms with Gasteiger partial charge in [-0.1, -0.05) is 18.2 Å². The predicted molar refractivity (Wildman–Crippen MR) is 106 cm³/mol. The molecule has 0 spiro atoms. The van der Waals surface area contributed by atoms with E-state index < -0.39 is 16.7 Å². The van der Waals surface area contributed by atoms with Crippen LogP contribution in [0.1, 0.15) is 45.4 Å². The molecule has 2 aromatic carbocycles. The maximum Gasteiger partial charge on any atom is 0.282 e. The van der Waals surface area contributed by atoms with Gasteiger partial charge < -0.3 is 4.42 Å². The van der Waals surface area contributed by atoms with Crippen molar-refractivity contribution < 1.29 is 18.9 Å². The largest absolute Gasteiger partial charge is 0.440 e. The van der Waals surface area contributed by atoms with Gasteiger partial charge in [-0.3, -0.25) is 29.5 Å². The Kier molecular flexibility index (Phi) is 4.32. The van der Waals surface area contributed by atoms with Crippen LogP contribution >= 0.6 is 0 Å². The molecule has 0 radical (unpaired) electrons. The number of oxazole rings is 1. The van der Waals surface area contributed by atoms with E-state index in [0.29, 0.717) is 19.0 Å². The summed E-state index contributed by atoms with van der Waals surface area (Å²) in [6.07, 6.45) is 1.58. The average Bonchev–Trinajstić information content (AvgIpc) is 3.29. The Morgan fingerprint density at radius 3 is 2.57 bits per heavy atom. The first-order valence-corrected chi connectivity index (χ1v) is 9.74. The van der Waals surface area contributed by atoms with E-state index in [1.54, 1.807) is 0 Å². The van der Waals surface area contributed by atoms with E-state index in [2.05, 4.69) is 4.98 Å². The van der Waals surface area contributed by atoms with E-state index in [1.807, 2.05) is 29.2 Å². The van der Waals surface area contributed by atoms with Gasteiger partial charge in [0, 0.05) is 25.1 Å². The monoisotopic (exact) mass is 406 g/mol. The topological polar surface area (TPSA) is 110 Å². The number of rotatable bonds is 4. The highest BCUT2D eigenvalue weighted by atomic mass is 16.6. The van der Waals surface area contributed by atoms with E-state index in [1.165, 1.54) is 18.2 Å². The van der Waals surface area contributed by atoms with Crippen LogP contribution in [0.5, 0.6) is 0 Å². The van der Waals surface area contributed by atoms with Crippen molar-refractivity contribution in [2.75, 3.05) is 19.8 Å². The molecular formula is C21H18N4O5. The first kappa shape index (κ1) is 18.4. The minimum absolute atomic E-state index is 0.0931. The highest BCUT2D eigenvalue weighted by Gasteiger charge is 2.41. The van der Waals surface area contributed by atoms with Gasteiger partial charge in [-0.25, -0.2) is 4.98 Å². The second-order valence-corrected chi connectivity index (χ2v) is 7.55. The number of nitrogens with zero attached hydrogens (tertiary/aromatic N) is 4. The molecule has 3 aromatic rings. The first-order valence-electron chi connectivity index (χ1n) is 9.74. The number of hydrogen-bond acceptors (Lipinski definition) is 7. The van der Waals surface area contributed by atoms with Crippen molar-refractivity contribution in [2.45, 2.75) is 18.8 Å². The number of nitro benzene ring substituents is 1. The minimum Gasteiger partial charge on any atom is -0.440 e. The average molecular weight is 406 g/mol. The lowest BCUT2D eigenvalue weighted by Gasteiger charge is -2.32. The lowest BCUT2D eigenvalue weighted by atomic mass is 9.97. The lowest BCUT2D eigenvalue weighted by molar-refractivity contribution is -0.385. The van der Waals surface area contributed by atoms with Crippen molar-refractivity contribution in [1.29, 1.82) is 0 Å². The Morgan fingerprint density at radius 2 is 1.83 bits per heavy atom. The number of benzene rings is 2. The van der Waals surface area contributed by atoms with E-state index in [0.717, 1.165) is 28.8 Å². The van der Waals surface area contributed by atoms with Gasteiger partial charge in [0.25, 0.3) is 17.5 Å². The van der Waals surface area contributed by atoms with Crippen LogP contribution in [0.4, 0.5) is 5.69 Å². The number of likely N-dealkylation sites (tertiary alicyclic amines) is 1. The van der Waals surface area contributed by atoms with Gasteiger partial charge in [-0.2, -0.15) is 0 Å². The standard InChI is InChI=1S/C21H18N4O5/c26-20-14-4-3-6-16(25(28)29)18(14)21(27)24(20)12-23-10-8-13(9-11-23)19-22-15-5-1-2-7-17(15)30-19/h1-7,13H,8-12H2. The molecule has 0 atom stereocenters. The number of hydrogen-bond donors (Lipinski definition) is 0. The van der Waals surface area contributed by atoms with Crippen LogP contribution in [0.3, 0.4) is 0 Å². The predicted octanol–water partition coefficient (Wildman–Crippen LogP) is 3.17. The molecule has 30 heavy (non-hydrogen) atoms. The summed E-state index contributed by atoms with van der Waals surface area (Å²) < 4.78 is 5.88. The zero-order valence-corrected chi connectivity index (χ0v) is 16.0. The molecular weight excluding hydrogens is 388 g/mol. The molecule has 0 N–H and O–H groups in total. The molecule has 3 heterocycles. The van der Waals surface area contributed by atoms with Crippen LogP contribution in [0.25, 0.3) is 11.1 Å². The number of amides is 2. The van der Waals surface area contributed by atoms with Crippen molar-refractivity contribution in [3.8, 4) is 0 Å². The second kappa shape index (κ2) is 7.03. The van der Waals surface area contributed by atoms with Crippen molar-refractivity contribution in [1.82, 2.24) is 14.8 Å². The molecule has 0 bridgehead atoms. The van der Waals surface area contributed by atoms with E-state index in [4.69, 9.17) is 4.42 Å². The first-order chi connectivity index (χ1) is 14.5. The summed E-state index contributed by atoms with van der Waals surface area (Å²) in [5.41, 5.74) is 1.25.